The molecule has 14 nitrogen and oxygen atoms in total. The number of rotatable bonds is 61. The molecule has 0 aromatic rings. The number of hydrogen-bond donors (Lipinski definition) is 9. The number of unbranched alkanes of at least 4 members (excludes halogenated alkanes) is 28. The molecule has 0 spiro atoms. The summed E-state index contributed by atoms with van der Waals surface area (Å²) in [5.74, 6) is -0.284. The second-order valence-corrected chi connectivity index (χ2v) is 26.0. The summed E-state index contributed by atoms with van der Waals surface area (Å²) in [5, 5.41) is 87.6. The van der Waals surface area contributed by atoms with Crippen LogP contribution < -0.4 is 5.32 Å². The van der Waals surface area contributed by atoms with Gasteiger partial charge in [-0.05, 0) is 96.3 Å². The van der Waals surface area contributed by atoms with Crippen molar-refractivity contribution in [2.75, 3.05) is 19.8 Å². The number of ether oxygens (including phenoxy) is 4. The van der Waals surface area contributed by atoms with Gasteiger partial charge in [0.25, 0.3) is 0 Å². The minimum absolute atomic E-state index is 0.217. The van der Waals surface area contributed by atoms with Gasteiger partial charge in [-0.3, -0.25) is 4.79 Å². The van der Waals surface area contributed by atoms with E-state index in [1.54, 1.807) is 6.08 Å². The Kier molecular flexibility index (Phi) is 58.4. The molecule has 14 heteroatoms. The monoisotopic (exact) mass is 1330 g/mol. The Morgan fingerprint density at radius 1 is 0.389 bits per heavy atom. The van der Waals surface area contributed by atoms with Gasteiger partial charge in [0.1, 0.15) is 48.8 Å². The van der Waals surface area contributed by atoms with E-state index in [2.05, 4.69) is 141 Å². The number of aliphatic hydroxyl groups is 8. The van der Waals surface area contributed by atoms with Gasteiger partial charge in [-0.2, -0.15) is 0 Å². The van der Waals surface area contributed by atoms with Gasteiger partial charge in [-0.1, -0.05) is 308 Å². The first kappa shape index (κ1) is 87.2. The fourth-order valence-electron chi connectivity index (χ4n) is 11.6. The van der Waals surface area contributed by atoms with Gasteiger partial charge in [0.15, 0.2) is 12.6 Å². The molecule has 2 rings (SSSR count). The third kappa shape index (κ3) is 46.9. The smallest absolute Gasteiger partial charge is 0.220 e. The van der Waals surface area contributed by atoms with E-state index < -0.39 is 86.8 Å². The average molecular weight is 1330 g/mol. The Labute approximate surface area is 577 Å². The quantitative estimate of drug-likeness (QED) is 0.0204. The summed E-state index contributed by atoms with van der Waals surface area (Å²) in [4.78, 5) is 13.3. The second-order valence-electron chi connectivity index (χ2n) is 26.0. The van der Waals surface area contributed by atoms with Crippen molar-refractivity contribution >= 4 is 5.91 Å². The van der Waals surface area contributed by atoms with Crippen LogP contribution in [0.25, 0.3) is 0 Å². The summed E-state index contributed by atoms with van der Waals surface area (Å²) < 4.78 is 22.9. The Balaban J connectivity index is 1.70. The van der Waals surface area contributed by atoms with Crippen LogP contribution in [-0.4, -0.2) is 140 Å². The molecule has 0 aromatic carbocycles. The average Bonchev–Trinajstić information content (AvgIpc) is 0.801. The molecular weight excluding hydrogens is 1190 g/mol. The molecular formula is C81H137NO13. The van der Waals surface area contributed by atoms with Crippen molar-refractivity contribution in [1.29, 1.82) is 0 Å². The van der Waals surface area contributed by atoms with Crippen LogP contribution in [0.1, 0.15) is 277 Å². The molecule has 12 unspecified atom stereocenters. The maximum atomic E-state index is 13.3. The van der Waals surface area contributed by atoms with Crippen molar-refractivity contribution in [3.63, 3.8) is 0 Å². The topological polar surface area (TPSA) is 228 Å². The van der Waals surface area contributed by atoms with E-state index in [9.17, 15) is 45.6 Å². The second kappa shape index (κ2) is 63.6. The van der Waals surface area contributed by atoms with Crippen LogP contribution in [0, 0.1) is 0 Å². The highest BCUT2D eigenvalue weighted by Crippen LogP contribution is 2.30. The van der Waals surface area contributed by atoms with Gasteiger partial charge in [-0.15, -0.1) is 0 Å². The van der Waals surface area contributed by atoms with E-state index in [1.807, 2.05) is 6.08 Å². The Bertz CT molecular complexity index is 2110. The SMILES string of the molecule is CC/C=C\C/C=C\C/C=C\C/C=C\C/C=C\C/C=C\C/C=C\C/C=C\C/C=C\C/C=C\CCCCC(=O)NC(COC1OC(CO)C(OC2OC(CO)C(O)C(O)C2O)C(O)C1O)C(O)/C=C/CCCCCCCCCCCCCCCCCCCCCCCCCCCC. The van der Waals surface area contributed by atoms with Crippen LogP contribution in [0.15, 0.2) is 134 Å². The normalized spacial score (nSPS) is 23.1. The highest BCUT2D eigenvalue weighted by Gasteiger charge is 2.51. The van der Waals surface area contributed by atoms with Crippen molar-refractivity contribution in [2.24, 2.45) is 0 Å². The molecule has 12 atom stereocenters. The number of aliphatic hydroxyl groups excluding tert-OH is 8. The fraction of sp³-hybridized carbons (Fsp3) is 0.716. The van der Waals surface area contributed by atoms with Crippen molar-refractivity contribution in [3.8, 4) is 0 Å². The number of carbonyl (C=O) groups is 1. The molecule has 2 saturated heterocycles. The van der Waals surface area contributed by atoms with Crippen LogP contribution in [0.5, 0.6) is 0 Å². The summed E-state index contributed by atoms with van der Waals surface area (Å²) in [7, 11) is 0. The lowest BCUT2D eigenvalue weighted by Crippen LogP contribution is -2.65. The zero-order valence-corrected chi connectivity index (χ0v) is 59.4. The number of carbonyl (C=O) groups excluding carboxylic acids is 1. The number of allylic oxidation sites excluding steroid dienone is 21. The third-order valence-corrected chi connectivity index (χ3v) is 17.6. The number of nitrogens with one attached hydrogen (secondary N) is 1. The van der Waals surface area contributed by atoms with Gasteiger partial charge in [0.05, 0.1) is 32.0 Å². The maximum Gasteiger partial charge on any atom is 0.220 e. The highest BCUT2D eigenvalue weighted by atomic mass is 16.7. The largest absolute Gasteiger partial charge is 0.394 e. The lowest BCUT2D eigenvalue weighted by atomic mass is 9.97. The fourth-order valence-corrected chi connectivity index (χ4v) is 11.6. The van der Waals surface area contributed by atoms with Crippen LogP contribution in [-0.2, 0) is 23.7 Å². The molecule has 0 radical (unpaired) electrons. The zero-order valence-electron chi connectivity index (χ0n) is 59.4. The molecule has 2 aliphatic rings. The molecule has 2 aliphatic heterocycles. The minimum atomic E-state index is -1.80. The van der Waals surface area contributed by atoms with E-state index in [4.69, 9.17) is 18.9 Å². The maximum absolute atomic E-state index is 13.3. The van der Waals surface area contributed by atoms with Gasteiger partial charge in [-0.25, -0.2) is 0 Å². The van der Waals surface area contributed by atoms with Crippen molar-refractivity contribution in [1.82, 2.24) is 5.32 Å². The molecule has 544 valence electrons. The molecule has 0 aliphatic carbocycles. The van der Waals surface area contributed by atoms with E-state index in [0.29, 0.717) is 6.42 Å². The highest BCUT2D eigenvalue weighted by molar-refractivity contribution is 5.76. The van der Waals surface area contributed by atoms with Gasteiger partial charge < -0.3 is 65.1 Å². The minimum Gasteiger partial charge on any atom is -0.394 e. The zero-order chi connectivity index (χ0) is 68.7. The van der Waals surface area contributed by atoms with Crippen LogP contribution >= 0.6 is 0 Å². The molecule has 2 fully saturated rings. The van der Waals surface area contributed by atoms with E-state index in [0.717, 1.165) is 96.3 Å². The third-order valence-electron chi connectivity index (χ3n) is 17.6. The van der Waals surface area contributed by atoms with Gasteiger partial charge in [0, 0.05) is 6.42 Å². The lowest BCUT2D eigenvalue weighted by Gasteiger charge is -2.46. The number of amides is 1. The summed E-state index contributed by atoms with van der Waals surface area (Å²) >= 11 is 0. The van der Waals surface area contributed by atoms with Crippen LogP contribution in [0.3, 0.4) is 0 Å². The van der Waals surface area contributed by atoms with E-state index in [1.165, 1.54) is 154 Å². The Morgan fingerprint density at radius 2 is 0.726 bits per heavy atom. The van der Waals surface area contributed by atoms with Crippen LogP contribution in [0.2, 0.25) is 0 Å². The van der Waals surface area contributed by atoms with E-state index in [-0.39, 0.29) is 18.9 Å². The van der Waals surface area contributed by atoms with Crippen molar-refractivity contribution < 1.29 is 64.6 Å². The summed E-state index contributed by atoms with van der Waals surface area (Å²) in [6.07, 6.45) is 78.0. The van der Waals surface area contributed by atoms with Crippen molar-refractivity contribution in [3.05, 3.63) is 134 Å². The molecule has 1 amide bonds. The van der Waals surface area contributed by atoms with Gasteiger partial charge in [0.2, 0.25) is 5.91 Å². The molecule has 95 heavy (non-hydrogen) atoms. The summed E-state index contributed by atoms with van der Waals surface area (Å²) in [6, 6.07) is -0.951. The summed E-state index contributed by atoms with van der Waals surface area (Å²) in [6.45, 7) is 2.68. The molecule has 0 bridgehead atoms. The first-order valence-electron chi connectivity index (χ1n) is 37.9. The predicted molar refractivity (Wildman–Crippen MR) is 391 cm³/mol. The molecule has 9 N–H and O–H groups in total. The standard InChI is InChI=1S/C81H137NO13/c1-3-5-7-9-11-13-15-17-19-21-23-25-27-29-31-33-34-35-36-37-39-41-43-45-47-49-51-53-55-57-59-61-63-65-73(86)82-69(68-92-80-78(91)76(89)79(72(67-84)94-80)95-81-77(90)75(88)74(87)71(66-83)93-81)70(85)64-62-60-58-56-54-52-50-48-46-44-42-40-38-32-30-28-26-24-22-20-18-16-14-12-10-8-6-4-2/h5,7,11,13,17,19,23,25,29,31,34-35,37,39,43,45,49,51,55,57,62,64,69-72,74-81,83-85,87-91H,3-4,6,8-10,12,14-16,18,20-22,24,26-28,30,32-33,36,38,40-42,44,46-48,50,52-54,56,58-61,63,65-68H2,1-2H3,(H,82,86)/b7-5-,13-11-,19-17-,25-23-,31-29-,35-34-,39-37-,45-43-,51-49-,57-55-,64-62+. The Hall–Kier alpha value is -3.87. The Morgan fingerprint density at radius 3 is 1.12 bits per heavy atom. The molecule has 0 aromatic heterocycles. The summed E-state index contributed by atoms with van der Waals surface area (Å²) in [5.41, 5.74) is 0. The molecule has 0 saturated carbocycles. The predicted octanol–water partition coefficient (Wildman–Crippen LogP) is 16.6. The lowest BCUT2D eigenvalue weighted by molar-refractivity contribution is -0.359. The first-order chi connectivity index (χ1) is 46.6. The first-order valence-corrected chi connectivity index (χ1v) is 37.9. The van der Waals surface area contributed by atoms with Crippen LogP contribution in [0.4, 0.5) is 0 Å². The van der Waals surface area contributed by atoms with Crippen molar-refractivity contribution in [2.45, 2.75) is 351 Å². The number of hydrogen-bond acceptors (Lipinski definition) is 13. The molecule has 2 heterocycles. The van der Waals surface area contributed by atoms with E-state index >= 15 is 0 Å². The van der Waals surface area contributed by atoms with Gasteiger partial charge >= 0.3 is 0 Å².